The molecule has 0 aliphatic carbocycles. The molecule has 0 bridgehead atoms. The molecular formula is C30H35N7O2. The molecule has 2 amide bonds. The van der Waals surface area contributed by atoms with Crippen molar-refractivity contribution in [1.29, 1.82) is 0 Å². The fourth-order valence-electron chi connectivity index (χ4n) is 5.37. The third kappa shape index (κ3) is 6.25. The second kappa shape index (κ2) is 11.6. The van der Waals surface area contributed by atoms with E-state index in [9.17, 15) is 9.59 Å². The Kier molecular flexibility index (Phi) is 7.86. The summed E-state index contributed by atoms with van der Waals surface area (Å²) in [7, 11) is 0. The zero-order chi connectivity index (χ0) is 27.4. The number of nitrogens with one attached hydrogen (secondary N) is 2. The van der Waals surface area contributed by atoms with Crippen molar-refractivity contribution in [3.05, 3.63) is 88.9 Å². The van der Waals surface area contributed by atoms with E-state index in [1.165, 1.54) is 12.5 Å². The Morgan fingerprint density at radius 2 is 1.77 bits per heavy atom. The van der Waals surface area contributed by atoms with E-state index in [4.69, 9.17) is 4.98 Å². The molecule has 0 saturated carbocycles. The van der Waals surface area contributed by atoms with Gasteiger partial charge < -0.3 is 15.5 Å². The number of carbonyl (C=O) groups is 2. The van der Waals surface area contributed by atoms with Crippen molar-refractivity contribution in [2.24, 2.45) is 0 Å². The smallest absolute Gasteiger partial charge is 0.254 e. The van der Waals surface area contributed by atoms with Crippen LogP contribution in [0.1, 0.15) is 47.7 Å². The molecule has 9 nitrogen and oxygen atoms in total. The Hall–Kier alpha value is -4.27. The minimum atomic E-state index is -0.613. The summed E-state index contributed by atoms with van der Waals surface area (Å²) < 4.78 is 1.83. The number of benzene rings is 2. The van der Waals surface area contributed by atoms with E-state index in [-0.39, 0.29) is 17.9 Å². The largest absolute Gasteiger partial charge is 0.356 e. The molecule has 3 heterocycles. The lowest BCUT2D eigenvalue weighted by molar-refractivity contribution is -0.128. The average Bonchev–Trinajstić information content (AvgIpc) is 3.37. The van der Waals surface area contributed by atoms with Crippen molar-refractivity contribution in [3.63, 3.8) is 0 Å². The number of hydrogen-bond acceptors (Lipinski definition) is 6. The molecule has 1 atom stereocenters. The molecule has 0 spiro atoms. The topological polar surface area (TPSA) is 105 Å². The van der Waals surface area contributed by atoms with Crippen molar-refractivity contribution in [2.75, 3.05) is 18.0 Å². The summed E-state index contributed by atoms with van der Waals surface area (Å²) in [6.45, 7) is 7.01. The number of nitrogens with zero attached hydrogens (tertiary/aromatic N) is 5. The first-order valence-electron chi connectivity index (χ1n) is 13.5. The van der Waals surface area contributed by atoms with Gasteiger partial charge in [0, 0.05) is 50.2 Å². The van der Waals surface area contributed by atoms with Gasteiger partial charge in [-0.05, 0) is 37.8 Å². The van der Waals surface area contributed by atoms with Gasteiger partial charge in [-0.1, -0.05) is 60.2 Å². The van der Waals surface area contributed by atoms with Gasteiger partial charge in [0.1, 0.15) is 18.2 Å². The average molecular weight is 526 g/mol. The van der Waals surface area contributed by atoms with Crippen LogP contribution in [0.2, 0.25) is 0 Å². The van der Waals surface area contributed by atoms with Gasteiger partial charge in [0.2, 0.25) is 11.8 Å². The maximum Gasteiger partial charge on any atom is 0.254 e. The van der Waals surface area contributed by atoms with Crippen molar-refractivity contribution in [2.45, 2.75) is 58.5 Å². The van der Waals surface area contributed by atoms with Crippen LogP contribution in [0.4, 0.5) is 5.82 Å². The zero-order valence-electron chi connectivity index (χ0n) is 22.7. The SMILES string of the molecule is CC(=O)N[C@H](Cc1cccc(C)c1)C(=O)NC1CCN(c2c(Cc3ccccc3)c(C)nc3ncnn23)CC1. The van der Waals surface area contributed by atoms with E-state index in [0.29, 0.717) is 12.2 Å². The minimum Gasteiger partial charge on any atom is -0.356 e. The van der Waals surface area contributed by atoms with E-state index in [2.05, 4.69) is 43.8 Å². The number of piperidine rings is 1. The highest BCUT2D eigenvalue weighted by atomic mass is 16.2. The van der Waals surface area contributed by atoms with Gasteiger partial charge in [-0.2, -0.15) is 14.6 Å². The molecule has 2 N–H and O–H groups in total. The Labute approximate surface area is 228 Å². The van der Waals surface area contributed by atoms with Crippen LogP contribution in [-0.2, 0) is 22.4 Å². The maximum atomic E-state index is 13.3. The van der Waals surface area contributed by atoms with Gasteiger partial charge in [-0.15, -0.1) is 0 Å². The van der Waals surface area contributed by atoms with Crippen LogP contribution in [-0.4, -0.2) is 56.6 Å². The number of carbonyl (C=O) groups excluding carboxylic acids is 2. The highest BCUT2D eigenvalue weighted by Crippen LogP contribution is 2.28. The number of rotatable bonds is 8. The Morgan fingerprint density at radius 1 is 1.03 bits per heavy atom. The molecule has 4 aromatic rings. The van der Waals surface area contributed by atoms with E-state index in [1.54, 1.807) is 6.33 Å². The maximum absolute atomic E-state index is 13.3. The monoisotopic (exact) mass is 525 g/mol. The second-order valence-electron chi connectivity index (χ2n) is 10.3. The van der Waals surface area contributed by atoms with Crippen LogP contribution >= 0.6 is 0 Å². The van der Waals surface area contributed by atoms with Gasteiger partial charge in [0.05, 0.1) is 0 Å². The molecule has 39 heavy (non-hydrogen) atoms. The Balaban J connectivity index is 1.30. The number of fused-ring (bicyclic) bond motifs is 1. The lowest BCUT2D eigenvalue weighted by Crippen LogP contribution is -2.52. The first-order chi connectivity index (χ1) is 18.9. The fraction of sp³-hybridized carbons (Fsp3) is 0.367. The quantitative estimate of drug-likeness (QED) is 0.366. The van der Waals surface area contributed by atoms with Crippen LogP contribution < -0.4 is 15.5 Å². The van der Waals surface area contributed by atoms with E-state index in [1.807, 2.05) is 54.8 Å². The summed E-state index contributed by atoms with van der Waals surface area (Å²) in [5, 5.41) is 10.5. The molecule has 1 aliphatic rings. The minimum absolute atomic E-state index is 0.0225. The molecule has 0 radical (unpaired) electrons. The predicted octanol–water partition coefficient (Wildman–Crippen LogP) is 3.16. The molecule has 1 fully saturated rings. The van der Waals surface area contributed by atoms with Crippen molar-refractivity contribution in [1.82, 2.24) is 30.2 Å². The lowest BCUT2D eigenvalue weighted by Gasteiger charge is -2.35. The fourth-order valence-corrected chi connectivity index (χ4v) is 5.37. The summed E-state index contributed by atoms with van der Waals surface area (Å²) in [5.41, 5.74) is 5.43. The number of aryl methyl sites for hydroxylation is 2. The van der Waals surface area contributed by atoms with Gasteiger partial charge in [0.25, 0.3) is 5.78 Å². The van der Waals surface area contributed by atoms with Crippen LogP contribution in [0.3, 0.4) is 0 Å². The third-order valence-electron chi connectivity index (χ3n) is 7.29. The van der Waals surface area contributed by atoms with Gasteiger partial charge >= 0.3 is 0 Å². The molecule has 202 valence electrons. The second-order valence-corrected chi connectivity index (χ2v) is 10.3. The highest BCUT2D eigenvalue weighted by molar-refractivity contribution is 5.87. The van der Waals surface area contributed by atoms with Crippen molar-refractivity contribution >= 4 is 23.4 Å². The highest BCUT2D eigenvalue weighted by Gasteiger charge is 2.28. The molecule has 5 rings (SSSR count). The number of aromatic nitrogens is 4. The van der Waals surface area contributed by atoms with Crippen molar-refractivity contribution in [3.8, 4) is 0 Å². The standard InChI is InChI=1S/C30H35N7O2/c1-20-8-7-11-24(16-20)18-27(34-22(3)38)28(39)35-25-12-14-36(15-13-25)29-26(17-23-9-5-4-6-10-23)21(2)33-30-31-19-32-37(29)30/h4-11,16,19,25,27H,12-15,17-18H2,1-3H3,(H,34,38)(H,35,39)/t27-/m1/s1. The molecular weight excluding hydrogens is 490 g/mol. The normalized spacial score (nSPS) is 14.8. The summed E-state index contributed by atoms with van der Waals surface area (Å²) in [4.78, 5) is 36.5. The molecule has 2 aromatic heterocycles. The molecule has 2 aromatic carbocycles. The lowest BCUT2D eigenvalue weighted by atomic mass is 9.99. The molecule has 0 unspecified atom stereocenters. The van der Waals surface area contributed by atoms with Gasteiger partial charge in [0.15, 0.2) is 0 Å². The molecule has 1 aliphatic heterocycles. The molecule has 9 heteroatoms. The Morgan fingerprint density at radius 3 is 2.49 bits per heavy atom. The predicted molar refractivity (Wildman–Crippen MR) is 151 cm³/mol. The first-order valence-corrected chi connectivity index (χ1v) is 13.5. The van der Waals surface area contributed by atoms with Gasteiger partial charge in [-0.3, -0.25) is 9.59 Å². The van der Waals surface area contributed by atoms with E-state index in [0.717, 1.165) is 60.6 Å². The van der Waals surface area contributed by atoms with Crippen LogP contribution in [0, 0.1) is 13.8 Å². The summed E-state index contributed by atoms with van der Waals surface area (Å²) in [6, 6.07) is 17.8. The third-order valence-corrected chi connectivity index (χ3v) is 7.29. The number of anilines is 1. The summed E-state index contributed by atoms with van der Waals surface area (Å²) >= 11 is 0. The Bertz CT molecular complexity index is 1460. The number of amides is 2. The first kappa shape index (κ1) is 26.3. The molecule has 1 saturated heterocycles. The zero-order valence-corrected chi connectivity index (χ0v) is 22.7. The summed E-state index contributed by atoms with van der Waals surface area (Å²) in [5.74, 6) is 1.24. The number of hydrogen-bond donors (Lipinski definition) is 2. The summed E-state index contributed by atoms with van der Waals surface area (Å²) in [6.07, 6.45) is 4.31. The van der Waals surface area contributed by atoms with Crippen LogP contribution in [0.5, 0.6) is 0 Å². The van der Waals surface area contributed by atoms with Crippen LogP contribution in [0.25, 0.3) is 5.78 Å². The van der Waals surface area contributed by atoms with Gasteiger partial charge in [-0.25, -0.2) is 4.98 Å². The van der Waals surface area contributed by atoms with Crippen molar-refractivity contribution < 1.29 is 9.59 Å². The van der Waals surface area contributed by atoms with E-state index >= 15 is 0 Å². The van der Waals surface area contributed by atoms with Crippen LogP contribution in [0.15, 0.2) is 60.9 Å². The van der Waals surface area contributed by atoms with E-state index < -0.39 is 6.04 Å².